The number of carbonyl (C=O) groups is 1. The molecule has 1 aromatic heterocycles. The molecule has 1 heterocycles. The Labute approximate surface area is 117 Å². The molecular weight excluding hydrogens is 252 g/mol. The van der Waals surface area contributed by atoms with E-state index >= 15 is 0 Å². The minimum atomic E-state index is -0.352. The van der Waals surface area contributed by atoms with Gasteiger partial charge in [0.2, 0.25) is 0 Å². The summed E-state index contributed by atoms with van der Waals surface area (Å²) in [7, 11) is 0. The molecule has 0 aliphatic heterocycles. The van der Waals surface area contributed by atoms with Crippen molar-refractivity contribution >= 4 is 17.3 Å². The second-order valence-corrected chi connectivity index (χ2v) is 4.47. The number of nitrogen functional groups attached to an aromatic ring is 1. The van der Waals surface area contributed by atoms with E-state index in [4.69, 9.17) is 11.0 Å². The van der Waals surface area contributed by atoms with Gasteiger partial charge in [0.15, 0.2) is 0 Å². The average molecular weight is 266 g/mol. The number of nitrogens with two attached hydrogens (primary N) is 1. The van der Waals surface area contributed by atoms with Crippen molar-refractivity contribution in [1.29, 1.82) is 5.26 Å². The Hall–Kier alpha value is -2.87. The number of nitrogens with one attached hydrogen (secondary N) is 1. The number of nitrogens with zero attached hydrogens (tertiary/aromatic N) is 2. The van der Waals surface area contributed by atoms with Crippen molar-refractivity contribution in [3.05, 3.63) is 52.8 Å². The van der Waals surface area contributed by atoms with E-state index in [1.54, 1.807) is 12.1 Å². The van der Waals surface area contributed by atoms with Crippen molar-refractivity contribution in [2.45, 2.75) is 13.8 Å². The van der Waals surface area contributed by atoms with Gasteiger partial charge in [-0.25, -0.2) is 4.98 Å². The van der Waals surface area contributed by atoms with Gasteiger partial charge in [-0.1, -0.05) is 6.07 Å². The summed E-state index contributed by atoms with van der Waals surface area (Å²) in [6.45, 7) is 3.85. The van der Waals surface area contributed by atoms with E-state index in [9.17, 15) is 4.79 Å². The van der Waals surface area contributed by atoms with Gasteiger partial charge in [0, 0.05) is 6.20 Å². The lowest BCUT2D eigenvalue weighted by Crippen LogP contribution is -2.16. The summed E-state index contributed by atoms with van der Waals surface area (Å²) in [5.74, 6) is -0.352. The Bertz CT molecular complexity index is 699. The van der Waals surface area contributed by atoms with Crippen LogP contribution in [0, 0.1) is 25.2 Å². The van der Waals surface area contributed by atoms with E-state index in [0.29, 0.717) is 16.9 Å². The van der Waals surface area contributed by atoms with E-state index < -0.39 is 0 Å². The Morgan fingerprint density at radius 3 is 2.65 bits per heavy atom. The molecule has 0 bridgehead atoms. The molecule has 0 fully saturated rings. The first-order valence-electron chi connectivity index (χ1n) is 6.06. The third kappa shape index (κ3) is 2.59. The van der Waals surface area contributed by atoms with Crippen LogP contribution >= 0.6 is 0 Å². The number of benzene rings is 1. The average Bonchev–Trinajstić information content (AvgIpc) is 2.47. The summed E-state index contributed by atoms with van der Waals surface area (Å²) in [6.07, 6.45) is 1.36. The minimum absolute atomic E-state index is 0.240. The summed E-state index contributed by atoms with van der Waals surface area (Å²) < 4.78 is 0. The van der Waals surface area contributed by atoms with Crippen LogP contribution < -0.4 is 11.1 Å². The monoisotopic (exact) mass is 266 g/mol. The minimum Gasteiger partial charge on any atom is -0.397 e. The highest BCUT2D eigenvalue weighted by Crippen LogP contribution is 2.26. The summed E-state index contributed by atoms with van der Waals surface area (Å²) >= 11 is 0. The molecule has 3 N–H and O–H groups in total. The Kier molecular flexibility index (Phi) is 3.67. The van der Waals surface area contributed by atoms with E-state index in [-0.39, 0.29) is 11.6 Å². The zero-order valence-electron chi connectivity index (χ0n) is 11.3. The van der Waals surface area contributed by atoms with Crippen LogP contribution in [-0.2, 0) is 0 Å². The number of amides is 1. The summed E-state index contributed by atoms with van der Waals surface area (Å²) in [5, 5.41) is 11.5. The van der Waals surface area contributed by atoms with E-state index in [1.807, 2.05) is 26.0 Å². The van der Waals surface area contributed by atoms with Crippen LogP contribution in [0.15, 0.2) is 30.5 Å². The number of hydrogen-bond acceptors (Lipinski definition) is 4. The maximum atomic E-state index is 12.1. The van der Waals surface area contributed by atoms with Gasteiger partial charge in [0.25, 0.3) is 5.91 Å². The molecule has 1 aromatic carbocycles. The molecule has 5 heteroatoms. The summed E-state index contributed by atoms with van der Waals surface area (Å²) in [4.78, 5) is 16.1. The molecular formula is C15H14N4O. The van der Waals surface area contributed by atoms with Gasteiger partial charge in [-0.2, -0.15) is 5.26 Å². The predicted octanol–water partition coefficient (Wildman–Crippen LogP) is 2.40. The van der Waals surface area contributed by atoms with Crippen LogP contribution in [0.25, 0.3) is 0 Å². The highest BCUT2D eigenvalue weighted by molar-refractivity contribution is 6.05. The first-order valence-corrected chi connectivity index (χ1v) is 6.06. The first kappa shape index (κ1) is 13.6. The fraction of sp³-hybridized carbons (Fsp3) is 0.133. The molecule has 5 nitrogen and oxygen atoms in total. The molecule has 0 aliphatic carbocycles. The third-order valence-electron chi connectivity index (χ3n) is 3.13. The van der Waals surface area contributed by atoms with Crippen molar-refractivity contribution in [3.8, 4) is 6.07 Å². The number of pyridine rings is 1. The quantitative estimate of drug-likeness (QED) is 0.816. The van der Waals surface area contributed by atoms with Crippen LogP contribution in [0.2, 0.25) is 0 Å². The molecule has 0 spiro atoms. The molecule has 0 atom stereocenters. The lowest BCUT2D eigenvalue weighted by molar-refractivity contribution is 0.102. The predicted molar refractivity (Wildman–Crippen MR) is 77.2 cm³/mol. The van der Waals surface area contributed by atoms with Crippen LogP contribution in [-0.4, -0.2) is 10.9 Å². The number of carbonyl (C=O) groups excluding carboxylic acids is 1. The van der Waals surface area contributed by atoms with Gasteiger partial charge in [0.05, 0.1) is 16.9 Å². The van der Waals surface area contributed by atoms with Crippen molar-refractivity contribution in [2.75, 3.05) is 11.1 Å². The topological polar surface area (TPSA) is 91.8 Å². The van der Waals surface area contributed by atoms with Gasteiger partial charge in [0.1, 0.15) is 11.8 Å². The smallest absolute Gasteiger partial charge is 0.274 e. The second-order valence-electron chi connectivity index (χ2n) is 4.47. The fourth-order valence-corrected chi connectivity index (χ4v) is 1.77. The second kappa shape index (κ2) is 5.41. The molecule has 0 aliphatic rings. The highest BCUT2D eigenvalue weighted by atomic mass is 16.1. The largest absolute Gasteiger partial charge is 0.397 e. The van der Waals surface area contributed by atoms with Crippen molar-refractivity contribution < 1.29 is 4.79 Å². The zero-order valence-corrected chi connectivity index (χ0v) is 11.3. The van der Waals surface area contributed by atoms with Gasteiger partial charge < -0.3 is 11.1 Å². The summed E-state index contributed by atoms with van der Waals surface area (Å²) in [5.41, 5.74) is 9.61. The lowest BCUT2D eigenvalue weighted by atomic mass is 10.1. The first-order chi connectivity index (χ1) is 9.52. The number of aryl methyl sites for hydroxylation is 1. The van der Waals surface area contributed by atoms with Crippen LogP contribution in [0.1, 0.15) is 27.2 Å². The third-order valence-corrected chi connectivity index (χ3v) is 3.13. The number of nitriles is 1. The van der Waals surface area contributed by atoms with Gasteiger partial charge in [-0.3, -0.25) is 4.79 Å². The van der Waals surface area contributed by atoms with Crippen LogP contribution in [0.5, 0.6) is 0 Å². The molecule has 0 saturated carbocycles. The highest BCUT2D eigenvalue weighted by Gasteiger charge is 2.12. The fourth-order valence-electron chi connectivity index (χ4n) is 1.77. The molecule has 0 radical (unpaired) electrons. The Morgan fingerprint density at radius 2 is 2.05 bits per heavy atom. The lowest BCUT2D eigenvalue weighted by Gasteiger charge is -2.13. The molecule has 1 amide bonds. The Morgan fingerprint density at radius 1 is 1.30 bits per heavy atom. The van der Waals surface area contributed by atoms with E-state index in [0.717, 1.165) is 11.1 Å². The number of hydrogen-bond donors (Lipinski definition) is 2. The van der Waals surface area contributed by atoms with Crippen LogP contribution in [0.4, 0.5) is 11.4 Å². The maximum absolute atomic E-state index is 12.1. The Balaban J connectivity index is 2.28. The van der Waals surface area contributed by atoms with Crippen molar-refractivity contribution in [2.24, 2.45) is 0 Å². The maximum Gasteiger partial charge on any atom is 0.274 e. The van der Waals surface area contributed by atoms with Crippen molar-refractivity contribution in [3.63, 3.8) is 0 Å². The van der Waals surface area contributed by atoms with Gasteiger partial charge in [-0.05, 0) is 43.2 Å². The van der Waals surface area contributed by atoms with Crippen LogP contribution in [0.3, 0.4) is 0 Å². The number of aromatic nitrogens is 1. The zero-order chi connectivity index (χ0) is 14.7. The SMILES string of the molecule is Cc1ccc(N)c(NC(=O)c2ccc(C#N)cn2)c1C. The molecule has 100 valence electrons. The van der Waals surface area contributed by atoms with E-state index in [2.05, 4.69) is 10.3 Å². The normalized spacial score (nSPS) is 9.85. The molecule has 0 saturated heterocycles. The number of rotatable bonds is 2. The van der Waals surface area contributed by atoms with E-state index in [1.165, 1.54) is 12.3 Å². The van der Waals surface area contributed by atoms with Crippen molar-refractivity contribution in [1.82, 2.24) is 4.98 Å². The molecule has 0 unspecified atom stereocenters. The molecule has 2 aromatic rings. The summed E-state index contributed by atoms with van der Waals surface area (Å²) in [6, 6.07) is 8.67. The van der Waals surface area contributed by atoms with Gasteiger partial charge >= 0.3 is 0 Å². The molecule has 20 heavy (non-hydrogen) atoms. The number of anilines is 2. The van der Waals surface area contributed by atoms with Gasteiger partial charge in [-0.15, -0.1) is 0 Å². The molecule has 2 rings (SSSR count). The standard InChI is InChI=1S/C15H14N4O/c1-9-3-5-12(17)14(10(9)2)19-15(20)13-6-4-11(7-16)8-18-13/h3-6,8H,17H2,1-2H3,(H,19,20).